The van der Waals surface area contributed by atoms with E-state index in [9.17, 15) is 9.90 Å². The summed E-state index contributed by atoms with van der Waals surface area (Å²) in [6.45, 7) is 3.23. The van der Waals surface area contributed by atoms with Crippen LogP contribution in [0.4, 0.5) is 0 Å². The molecule has 1 aromatic rings. The molecule has 0 aliphatic rings. The van der Waals surface area contributed by atoms with Gasteiger partial charge >= 0.3 is 5.97 Å². The lowest BCUT2D eigenvalue weighted by atomic mass is 10.1. The number of hydrogen-bond donors (Lipinski definition) is 1. The van der Waals surface area contributed by atoms with Crippen LogP contribution < -0.4 is 4.74 Å². The Balaban J connectivity index is 2.94. The molecule has 17 heavy (non-hydrogen) atoms. The highest BCUT2D eigenvalue weighted by atomic mass is 79.9. The summed E-state index contributed by atoms with van der Waals surface area (Å²) in [5.74, 6) is 0.0190. The molecule has 0 radical (unpaired) electrons. The molecule has 0 saturated carbocycles. The van der Waals surface area contributed by atoms with E-state index in [1.54, 1.807) is 32.0 Å². The van der Waals surface area contributed by atoms with Gasteiger partial charge in [-0.2, -0.15) is 0 Å². The first-order chi connectivity index (χ1) is 7.95. The van der Waals surface area contributed by atoms with E-state index in [0.717, 1.165) is 4.47 Å². The van der Waals surface area contributed by atoms with Gasteiger partial charge in [-0.3, -0.25) is 0 Å². The number of rotatable bonds is 4. The van der Waals surface area contributed by atoms with Crippen LogP contribution in [0.1, 0.15) is 25.5 Å². The molecule has 0 spiro atoms. The van der Waals surface area contributed by atoms with Gasteiger partial charge in [0.25, 0.3) is 0 Å². The quantitative estimate of drug-likeness (QED) is 0.868. The zero-order valence-electron chi connectivity index (χ0n) is 9.94. The van der Waals surface area contributed by atoms with Crippen molar-refractivity contribution in [3.05, 3.63) is 28.2 Å². The van der Waals surface area contributed by atoms with Crippen LogP contribution in [0.3, 0.4) is 0 Å². The molecule has 0 amide bonds. The Labute approximate surface area is 109 Å². The smallest absolute Gasteiger partial charge is 0.346 e. The van der Waals surface area contributed by atoms with E-state index in [2.05, 4.69) is 20.7 Å². The van der Waals surface area contributed by atoms with Gasteiger partial charge in [0.05, 0.1) is 13.2 Å². The Morgan fingerprint density at radius 3 is 2.59 bits per heavy atom. The minimum atomic E-state index is -0.710. The van der Waals surface area contributed by atoms with Gasteiger partial charge in [-0.05, 0) is 32.0 Å². The second-order valence-electron chi connectivity index (χ2n) is 3.64. The van der Waals surface area contributed by atoms with E-state index in [1.165, 1.54) is 7.11 Å². The Morgan fingerprint density at radius 1 is 1.41 bits per heavy atom. The van der Waals surface area contributed by atoms with Crippen molar-refractivity contribution >= 4 is 21.9 Å². The lowest BCUT2D eigenvalue weighted by Gasteiger charge is -2.17. The molecule has 2 atom stereocenters. The van der Waals surface area contributed by atoms with E-state index in [1.807, 2.05) is 0 Å². The van der Waals surface area contributed by atoms with Gasteiger partial charge in [0, 0.05) is 10.0 Å². The minimum Gasteiger partial charge on any atom is -0.479 e. The minimum absolute atomic E-state index is 0.454. The van der Waals surface area contributed by atoms with E-state index in [0.29, 0.717) is 11.3 Å². The van der Waals surface area contributed by atoms with Crippen LogP contribution in [-0.4, -0.2) is 24.3 Å². The van der Waals surface area contributed by atoms with Crippen molar-refractivity contribution in [2.75, 3.05) is 7.11 Å². The summed E-state index contributed by atoms with van der Waals surface area (Å²) in [5, 5.41) is 9.62. The van der Waals surface area contributed by atoms with Gasteiger partial charge in [0.15, 0.2) is 6.10 Å². The average molecular weight is 303 g/mol. The third-order valence-electron chi connectivity index (χ3n) is 2.26. The summed E-state index contributed by atoms with van der Waals surface area (Å²) in [6, 6.07) is 5.24. The molecule has 4 nitrogen and oxygen atoms in total. The predicted octanol–water partition coefficient (Wildman–Crippen LogP) is 2.44. The number of hydrogen-bond acceptors (Lipinski definition) is 4. The lowest BCUT2D eigenvalue weighted by Crippen LogP contribution is -2.25. The van der Waals surface area contributed by atoms with Crippen molar-refractivity contribution in [3.8, 4) is 5.75 Å². The molecule has 1 aromatic carbocycles. The number of methoxy groups -OCH3 is 1. The Bertz CT molecular complexity index is 403. The molecule has 0 aliphatic carbocycles. The average Bonchev–Trinajstić information content (AvgIpc) is 2.29. The Hall–Kier alpha value is -1.07. The zero-order valence-corrected chi connectivity index (χ0v) is 11.5. The third kappa shape index (κ3) is 3.71. The SMILES string of the molecule is COC(=O)C(C)Oc1ccc(Br)cc1C(C)O. The van der Waals surface area contributed by atoms with Crippen molar-refractivity contribution in [1.82, 2.24) is 0 Å². The monoisotopic (exact) mass is 302 g/mol. The number of halogens is 1. The van der Waals surface area contributed by atoms with Crippen LogP contribution in [0.25, 0.3) is 0 Å². The van der Waals surface area contributed by atoms with Gasteiger partial charge in [0.1, 0.15) is 5.75 Å². The van der Waals surface area contributed by atoms with Crippen molar-refractivity contribution < 1.29 is 19.4 Å². The fraction of sp³-hybridized carbons (Fsp3) is 0.417. The number of esters is 1. The van der Waals surface area contributed by atoms with Crippen LogP contribution in [-0.2, 0) is 9.53 Å². The van der Waals surface area contributed by atoms with Crippen molar-refractivity contribution in [2.45, 2.75) is 26.1 Å². The molecule has 0 fully saturated rings. The molecule has 5 heteroatoms. The van der Waals surface area contributed by atoms with E-state index in [-0.39, 0.29) is 0 Å². The van der Waals surface area contributed by atoms with Crippen LogP contribution >= 0.6 is 15.9 Å². The molecule has 0 saturated heterocycles. The highest BCUT2D eigenvalue weighted by Gasteiger charge is 2.18. The number of ether oxygens (including phenoxy) is 2. The van der Waals surface area contributed by atoms with Crippen LogP contribution in [0.15, 0.2) is 22.7 Å². The second-order valence-corrected chi connectivity index (χ2v) is 4.56. The highest BCUT2D eigenvalue weighted by molar-refractivity contribution is 9.10. The number of aliphatic hydroxyl groups excluding tert-OH is 1. The predicted molar refractivity (Wildman–Crippen MR) is 66.9 cm³/mol. The zero-order chi connectivity index (χ0) is 13.0. The molecular weight excluding hydrogens is 288 g/mol. The van der Waals surface area contributed by atoms with E-state index < -0.39 is 18.2 Å². The summed E-state index contributed by atoms with van der Waals surface area (Å²) < 4.78 is 10.9. The van der Waals surface area contributed by atoms with Crippen molar-refractivity contribution in [2.24, 2.45) is 0 Å². The number of carbonyl (C=O) groups is 1. The van der Waals surface area contributed by atoms with Crippen LogP contribution in [0, 0.1) is 0 Å². The van der Waals surface area contributed by atoms with Gasteiger partial charge in [-0.15, -0.1) is 0 Å². The molecular formula is C12H15BrO4. The molecule has 0 aliphatic heterocycles. The Morgan fingerprint density at radius 2 is 2.06 bits per heavy atom. The fourth-order valence-corrected chi connectivity index (χ4v) is 1.74. The summed E-state index contributed by atoms with van der Waals surface area (Å²) in [4.78, 5) is 11.2. The van der Waals surface area contributed by atoms with Crippen molar-refractivity contribution in [1.29, 1.82) is 0 Å². The standard InChI is InChI=1S/C12H15BrO4/c1-7(14)10-6-9(13)4-5-11(10)17-8(2)12(15)16-3/h4-8,14H,1-3H3. The maximum Gasteiger partial charge on any atom is 0.346 e. The summed E-state index contributed by atoms with van der Waals surface area (Å²) >= 11 is 3.32. The summed E-state index contributed by atoms with van der Waals surface area (Å²) in [7, 11) is 1.30. The summed E-state index contributed by atoms with van der Waals surface area (Å²) in [5.41, 5.74) is 0.620. The number of carbonyl (C=O) groups excluding carboxylic acids is 1. The molecule has 0 heterocycles. The van der Waals surface area contributed by atoms with E-state index >= 15 is 0 Å². The van der Waals surface area contributed by atoms with Gasteiger partial charge < -0.3 is 14.6 Å². The fourth-order valence-electron chi connectivity index (χ4n) is 1.36. The second kappa shape index (κ2) is 6.02. The van der Waals surface area contributed by atoms with Gasteiger partial charge in [-0.25, -0.2) is 4.79 Å². The first kappa shape index (κ1) is 14.0. The first-order valence-corrected chi connectivity index (χ1v) is 5.97. The molecule has 2 unspecified atom stereocenters. The van der Waals surface area contributed by atoms with Gasteiger partial charge in [-0.1, -0.05) is 15.9 Å². The van der Waals surface area contributed by atoms with Crippen molar-refractivity contribution in [3.63, 3.8) is 0 Å². The molecule has 0 bridgehead atoms. The number of benzene rings is 1. The lowest BCUT2D eigenvalue weighted by molar-refractivity contribution is -0.147. The molecule has 0 aromatic heterocycles. The molecule has 1 N–H and O–H groups in total. The van der Waals surface area contributed by atoms with Crippen LogP contribution in [0.5, 0.6) is 5.75 Å². The first-order valence-electron chi connectivity index (χ1n) is 5.17. The third-order valence-corrected chi connectivity index (χ3v) is 2.75. The maximum atomic E-state index is 11.2. The maximum absolute atomic E-state index is 11.2. The topological polar surface area (TPSA) is 55.8 Å². The van der Waals surface area contributed by atoms with Gasteiger partial charge in [0.2, 0.25) is 0 Å². The normalized spacial score (nSPS) is 13.9. The largest absolute Gasteiger partial charge is 0.479 e. The molecule has 1 rings (SSSR count). The van der Waals surface area contributed by atoms with Crippen LogP contribution in [0.2, 0.25) is 0 Å². The summed E-state index contributed by atoms with van der Waals surface area (Å²) in [6.07, 6.45) is -1.38. The Kier molecular flexibility index (Phi) is 4.96. The van der Waals surface area contributed by atoms with E-state index in [4.69, 9.17) is 4.74 Å². The highest BCUT2D eigenvalue weighted by Crippen LogP contribution is 2.29. The number of aliphatic hydroxyl groups is 1. The molecule has 94 valence electrons.